The molecule has 0 spiro atoms. The second-order valence-corrected chi connectivity index (χ2v) is 7.53. The Morgan fingerprint density at radius 2 is 1.95 bits per heavy atom. The van der Waals surface area contributed by atoms with Crippen molar-refractivity contribution < 1.29 is 0 Å². The van der Waals surface area contributed by atoms with Crippen LogP contribution in [0.15, 0.2) is 34.3 Å². The molecular weight excluding hydrogens is 282 g/mol. The molecule has 0 radical (unpaired) electrons. The Morgan fingerprint density at radius 1 is 1.24 bits per heavy atom. The molecule has 0 saturated heterocycles. The molecule has 0 aliphatic heterocycles. The molecule has 0 bridgehead atoms. The lowest BCUT2D eigenvalue weighted by atomic mass is 10.1. The Balaban J connectivity index is 1.63. The molecule has 1 N–H and O–H groups in total. The predicted molar refractivity (Wildman–Crippen MR) is 83.2 cm³/mol. The molecule has 0 amide bonds. The maximum Gasteiger partial charge on any atom is 0.214 e. The van der Waals surface area contributed by atoms with Gasteiger partial charge in [0.05, 0.1) is 6.04 Å². The van der Waals surface area contributed by atoms with Crippen LogP contribution >= 0.6 is 11.8 Å². The van der Waals surface area contributed by atoms with Crippen LogP contribution < -0.4 is 5.32 Å². The van der Waals surface area contributed by atoms with Gasteiger partial charge in [-0.15, -0.1) is 5.10 Å². The van der Waals surface area contributed by atoms with E-state index in [0.29, 0.717) is 6.04 Å². The first-order valence-electron chi connectivity index (χ1n) is 7.31. The van der Waals surface area contributed by atoms with Crippen molar-refractivity contribution >= 4 is 11.8 Å². The number of hydrogen-bond donors (Lipinski definition) is 1. The van der Waals surface area contributed by atoms with E-state index in [-0.39, 0.29) is 5.54 Å². The largest absolute Gasteiger partial charge is 0.308 e. The molecule has 2 aromatic rings. The molecule has 1 aromatic heterocycles. The van der Waals surface area contributed by atoms with Crippen LogP contribution in [0.5, 0.6) is 0 Å². The Morgan fingerprint density at radius 3 is 2.57 bits per heavy atom. The summed E-state index contributed by atoms with van der Waals surface area (Å²) in [5.41, 5.74) is 1.43. The summed E-state index contributed by atoms with van der Waals surface area (Å²) < 4.78 is 1.94. The van der Waals surface area contributed by atoms with Gasteiger partial charge < -0.3 is 5.32 Å². The molecule has 1 aromatic carbocycles. The minimum absolute atomic E-state index is 0.139. The van der Waals surface area contributed by atoms with Crippen molar-refractivity contribution in [3.05, 3.63) is 29.8 Å². The molecule has 1 aliphatic rings. The monoisotopic (exact) mass is 303 g/mol. The van der Waals surface area contributed by atoms with Gasteiger partial charge in [0.1, 0.15) is 0 Å². The highest BCUT2D eigenvalue weighted by Gasteiger charge is 2.28. The molecule has 21 heavy (non-hydrogen) atoms. The minimum atomic E-state index is 0.139. The van der Waals surface area contributed by atoms with Crippen LogP contribution in [0, 0.1) is 0 Å². The lowest BCUT2D eigenvalue weighted by Crippen LogP contribution is -2.35. The molecule has 1 saturated carbocycles. The smallest absolute Gasteiger partial charge is 0.214 e. The first-order chi connectivity index (χ1) is 10.0. The van der Waals surface area contributed by atoms with Crippen molar-refractivity contribution in [2.45, 2.75) is 61.8 Å². The van der Waals surface area contributed by atoms with E-state index in [2.05, 4.69) is 65.9 Å². The summed E-state index contributed by atoms with van der Waals surface area (Å²) in [4.78, 5) is 1.17. The van der Waals surface area contributed by atoms with Crippen LogP contribution in [0.25, 0.3) is 0 Å². The van der Waals surface area contributed by atoms with E-state index in [4.69, 9.17) is 0 Å². The number of hydrogen-bond acceptors (Lipinski definition) is 5. The summed E-state index contributed by atoms with van der Waals surface area (Å²) in [5.74, 6) is 0. The third-order valence-corrected chi connectivity index (χ3v) is 4.27. The van der Waals surface area contributed by atoms with Gasteiger partial charge in [0, 0.05) is 17.0 Å². The van der Waals surface area contributed by atoms with Gasteiger partial charge in [-0.25, -0.2) is 4.68 Å². The van der Waals surface area contributed by atoms with E-state index in [1.54, 1.807) is 11.8 Å². The summed E-state index contributed by atoms with van der Waals surface area (Å²) in [6.45, 7) is 7.41. The quantitative estimate of drug-likeness (QED) is 0.920. The van der Waals surface area contributed by atoms with Crippen molar-refractivity contribution in [2.24, 2.45) is 0 Å². The van der Waals surface area contributed by atoms with Crippen molar-refractivity contribution in [1.82, 2.24) is 25.5 Å². The fourth-order valence-electron chi connectivity index (χ4n) is 1.95. The van der Waals surface area contributed by atoms with E-state index in [9.17, 15) is 0 Å². The average Bonchev–Trinajstić information content (AvgIpc) is 3.18. The van der Waals surface area contributed by atoms with Gasteiger partial charge in [-0.3, -0.25) is 0 Å². The fraction of sp³-hybridized carbons (Fsp3) is 0.533. The van der Waals surface area contributed by atoms with E-state index in [1.165, 1.54) is 23.3 Å². The lowest BCUT2D eigenvalue weighted by Gasteiger charge is -2.20. The highest BCUT2D eigenvalue weighted by Crippen LogP contribution is 2.37. The Kier molecular flexibility index (Phi) is 3.99. The summed E-state index contributed by atoms with van der Waals surface area (Å²) in [6.07, 6.45) is 2.38. The van der Waals surface area contributed by atoms with Crippen LogP contribution in [-0.2, 0) is 6.54 Å². The molecule has 5 nitrogen and oxygen atoms in total. The molecule has 0 unspecified atom stereocenters. The van der Waals surface area contributed by atoms with Crippen molar-refractivity contribution in [1.29, 1.82) is 0 Å². The second-order valence-electron chi connectivity index (χ2n) is 6.49. The standard InChI is InChI=1S/C15H21N5S/c1-15(2,3)16-10-11-4-8-13(9-5-11)21-14-17-18-19-20(14)12-6-7-12/h4-5,8-9,12,16H,6-7,10H2,1-3H3. The summed E-state index contributed by atoms with van der Waals surface area (Å²) in [7, 11) is 0. The lowest BCUT2D eigenvalue weighted by molar-refractivity contribution is 0.424. The number of aromatic nitrogens is 4. The second kappa shape index (κ2) is 5.77. The Bertz CT molecular complexity index is 595. The van der Waals surface area contributed by atoms with Gasteiger partial charge in [0.15, 0.2) is 0 Å². The normalized spacial score (nSPS) is 15.4. The number of benzene rings is 1. The highest BCUT2D eigenvalue weighted by atomic mass is 32.2. The molecule has 0 atom stereocenters. The number of nitrogens with one attached hydrogen (secondary N) is 1. The van der Waals surface area contributed by atoms with E-state index < -0.39 is 0 Å². The van der Waals surface area contributed by atoms with E-state index in [0.717, 1.165) is 11.7 Å². The first kappa shape index (κ1) is 14.5. The molecule has 3 rings (SSSR count). The van der Waals surface area contributed by atoms with Crippen LogP contribution in [0.1, 0.15) is 45.2 Å². The minimum Gasteiger partial charge on any atom is -0.308 e. The molecule has 1 fully saturated rings. The molecule has 6 heteroatoms. The fourth-order valence-corrected chi connectivity index (χ4v) is 2.79. The summed E-state index contributed by atoms with van der Waals surface area (Å²) >= 11 is 1.63. The third-order valence-electron chi connectivity index (χ3n) is 3.31. The first-order valence-corrected chi connectivity index (χ1v) is 8.13. The van der Waals surface area contributed by atoms with Crippen LogP contribution in [0.4, 0.5) is 0 Å². The van der Waals surface area contributed by atoms with E-state index >= 15 is 0 Å². The molecule has 1 heterocycles. The Labute approximate surface area is 129 Å². The van der Waals surface area contributed by atoms with Gasteiger partial charge in [-0.05, 0) is 73.5 Å². The highest BCUT2D eigenvalue weighted by molar-refractivity contribution is 7.99. The molecule has 112 valence electrons. The number of rotatable bonds is 5. The zero-order valence-corrected chi connectivity index (χ0v) is 13.5. The van der Waals surface area contributed by atoms with Crippen LogP contribution in [-0.4, -0.2) is 25.7 Å². The van der Waals surface area contributed by atoms with Crippen molar-refractivity contribution in [2.75, 3.05) is 0 Å². The molecular formula is C15H21N5S. The average molecular weight is 303 g/mol. The van der Waals surface area contributed by atoms with Gasteiger partial charge >= 0.3 is 0 Å². The third kappa shape index (κ3) is 4.04. The van der Waals surface area contributed by atoms with Crippen molar-refractivity contribution in [3.63, 3.8) is 0 Å². The molecule has 1 aliphatic carbocycles. The number of nitrogens with zero attached hydrogens (tertiary/aromatic N) is 4. The van der Waals surface area contributed by atoms with Crippen LogP contribution in [0.2, 0.25) is 0 Å². The Hall–Kier alpha value is -1.40. The van der Waals surface area contributed by atoms with Crippen LogP contribution in [0.3, 0.4) is 0 Å². The zero-order valence-electron chi connectivity index (χ0n) is 12.7. The van der Waals surface area contributed by atoms with E-state index in [1.807, 2.05) is 4.68 Å². The summed E-state index contributed by atoms with van der Waals surface area (Å²) in [5, 5.41) is 16.4. The van der Waals surface area contributed by atoms with Gasteiger partial charge in [0.2, 0.25) is 5.16 Å². The number of tetrazole rings is 1. The zero-order chi connectivity index (χ0) is 14.9. The van der Waals surface area contributed by atoms with Gasteiger partial charge in [-0.1, -0.05) is 12.1 Å². The maximum atomic E-state index is 4.12. The SMILES string of the molecule is CC(C)(C)NCc1ccc(Sc2nnnn2C2CC2)cc1. The topological polar surface area (TPSA) is 55.6 Å². The van der Waals surface area contributed by atoms with Crippen molar-refractivity contribution in [3.8, 4) is 0 Å². The van der Waals surface area contributed by atoms with Gasteiger partial charge in [-0.2, -0.15) is 0 Å². The van der Waals surface area contributed by atoms with Gasteiger partial charge in [0.25, 0.3) is 0 Å². The summed E-state index contributed by atoms with van der Waals surface area (Å²) in [6, 6.07) is 9.10. The predicted octanol–water partition coefficient (Wildman–Crippen LogP) is 3.05. The maximum absolute atomic E-state index is 4.12.